The van der Waals surface area contributed by atoms with Crippen molar-refractivity contribution in [2.75, 3.05) is 18.8 Å². The van der Waals surface area contributed by atoms with Gasteiger partial charge in [0.15, 0.2) is 0 Å². The molecule has 0 radical (unpaired) electrons. The van der Waals surface area contributed by atoms with Crippen molar-refractivity contribution >= 4 is 22.0 Å². The molecule has 1 aliphatic rings. The molecular weight excluding hydrogens is 310 g/mol. The number of nitrogens with zero attached hydrogens (tertiary/aromatic N) is 1. The Kier molecular flexibility index (Phi) is 5.97. The second-order valence-corrected chi connectivity index (χ2v) is 8.74. The molecule has 128 valence electrons. The second kappa shape index (κ2) is 6.95. The summed E-state index contributed by atoms with van der Waals surface area (Å²) in [6.45, 7) is 7.18. The van der Waals surface area contributed by atoms with Crippen molar-refractivity contribution in [3.8, 4) is 0 Å². The van der Waals surface area contributed by atoms with E-state index in [2.05, 4.69) is 0 Å². The zero-order valence-corrected chi connectivity index (χ0v) is 14.4. The zero-order valence-electron chi connectivity index (χ0n) is 13.5. The number of carboxylic acid groups (broad SMARTS) is 1. The van der Waals surface area contributed by atoms with Gasteiger partial charge in [0.25, 0.3) is 0 Å². The third-order valence-electron chi connectivity index (χ3n) is 3.47. The third-order valence-corrected chi connectivity index (χ3v) is 5.54. The van der Waals surface area contributed by atoms with Crippen molar-refractivity contribution in [1.82, 2.24) is 4.31 Å². The maximum absolute atomic E-state index is 12.2. The quantitative estimate of drug-likeness (QED) is 0.755. The summed E-state index contributed by atoms with van der Waals surface area (Å²) in [6.07, 6.45) is 0.797. The minimum absolute atomic E-state index is 0.221. The van der Waals surface area contributed by atoms with Crippen LogP contribution < -0.4 is 0 Å². The van der Waals surface area contributed by atoms with Crippen LogP contribution in [0, 0.1) is 11.8 Å². The highest BCUT2D eigenvalue weighted by molar-refractivity contribution is 7.89. The van der Waals surface area contributed by atoms with Gasteiger partial charge in [-0.15, -0.1) is 0 Å². The van der Waals surface area contributed by atoms with Crippen molar-refractivity contribution < 1.29 is 27.9 Å². The lowest BCUT2D eigenvalue weighted by Gasteiger charge is -2.32. The third kappa shape index (κ3) is 5.57. The van der Waals surface area contributed by atoms with Crippen LogP contribution in [-0.4, -0.2) is 54.2 Å². The zero-order chi connectivity index (χ0) is 17.1. The van der Waals surface area contributed by atoms with E-state index in [4.69, 9.17) is 9.84 Å². The second-order valence-electron chi connectivity index (χ2n) is 6.72. The van der Waals surface area contributed by atoms with E-state index in [0.717, 1.165) is 0 Å². The molecular formula is C14H25NO6S. The van der Waals surface area contributed by atoms with Gasteiger partial charge in [-0.1, -0.05) is 6.92 Å². The summed E-state index contributed by atoms with van der Waals surface area (Å²) in [5.41, 5.74) is -0.558. The molecule has 8 heteroatoms. The minimum Gasteiger partial charge on any atom is -0.481 e. The number of aliphatic carboxylic acids is 1. The molecule has 1 saturated heterocycles. The van der Waals surface area contributed by atoms with Gasteiger partial charge in [-0.2, -0.15) is 0 Å². The first-order valence-electron chi connectivity index (χ1n) is 7.36. The lowest BCUT2D eigenvalue weighted by molar-refractivity contribution is -0.161. The Morgan fingerprint density at radius 3 is 2.18 bits per heavy atom. The number of ether oxygens (including phenoxy) is 1. The van der Waals surface area contributed by atoms with Gasteiger partial charge in [0, 0.05) is 13.1 Å². The number of carboxylic acids is 1. The normalized spacial score (nSPS) is 19.6. The van der Waals surface area contributed by atoms with Crippen LogP contribution in [0.25, 0.3) is 0 Å². The summed E-state index contributed by atoms with van der Waals surface area (Å²) < 4.78 is 30.9. The molecule has 0 spiro atoms. The fourth-order valence-electron chi connectivity index (χ4n) is 2.25. The average Bonchev–Trinajstić information content (AvgIpc) is 2.36. The monoisotopic (exact) mass is 335 g/mol. The first-order chi connectivity index (χ1) is 9.92. The number of hydrogen-bond acceptors (Lipinski definition) is 5. The van der Waals surface area contributed by atoms with Gasteiger partial charge in [-0.05, 0) is 33.6 Å². The van der Waals surface area contributed by atoms with Crippen LogP contribution in [0.1, 0.15) is 40.5 Å². The minimum atomic E-state index is -3.61. The molecule has 0 aliphatic carbocycles. The molecule has 0 unspecified atom stereocenters. The summed E-state index contributed by atoms with van der Waals surface area (Å²) in [5, 5.41) is 8.82. The van der Waals surface area contributed by atoms with E-state index in [1.807, 2.05) is 0 Å². The van der Waals surface area contributed by atoms with Crippen molar-refractivity contribution in [3.05, 3.63) is 0 Å². The summed E-state index contributed by atoms with van der Waals surface area (Å²) in [6, 6.07) is 0. The standard InChI is InChI=1S/C14H25NO6S/c1-10(12(16)17)9-22(19,20)15-7-5-11(6-8-15)13(18)21-14(2,3)4/h10-11H,5-9H2,1-4H3,(H,16,17)/t10-/m0/s1. The topological polar surface area (TPSA) is 101 Å². The van der Waals surface area contributed by atoms with Gasteiger partial charge >= 0.3 is 11.9 Å². The van der Waals surface area contributed by atoms with Gasteiger partial charge in [-0.25, -0.2) is 12.7 Å². The Morgan fingerprint density at radius 1 is 1.27 bits per heavy atom. The number of sulfonamides is 1. The Labute approximate surface area is 131 Å². The smallest absolute Gasteiger partial charge is 0.309 e. The van der Waals surface area contributed by atoms with Crippen molar-refractivity contribution in [2.45, 2.75) is 46.1 Å². The molecule has 0 saturated carbocycles. The molecule has 0 amide bonds. The average molecular weight is 335 g/mol. The van der Waals surface area contributed by atoms with E-state index < -0.39 is 33.3 Å². The van der Waals surface area contributed by atoms with Crippen LogP contribution in [0.4, 0.5) is 0 Å². The number of esters is 1. The molecule has 1 fully saturated rings. The lowest BCUT2D eigenvalue weighted by atomic mass is 9.98. The largest absolute Gasteiger partial charge is 0.481 e. The molecule has 22 heavy (non-hydrogen) atoms. The summed E-state index contributed by atoms with van der Waals surface area (Å²) in [7, 11) is -3.61. The van der Waals surface area contributed by atoms with Crippen LogP contribution >= 0.6 is 0 Å². The van der Waals surface area contributed by atoms with Crippen LogP contribution in [0.2, 0.25) is 0 Å². The Balaban J connectivity index is 2.58. The molecule has 1 aliphatic heterocycles. The van der Waals surface area contributed by atoms with Crippen LogP contribution in [0.15, 0.2) is 0 Å². The SMILES string of the molecule is C[C@@H](CS(=O)(=O)N1CCC(C(=O)OC(C)(C)C)CC1)C(=O)O. The van der Waals surface area contributed by atoms with E-state index in [1.54, 1.807) is 20.8 Å². The van der Waals surface area contributed by atoms with Crippen LogP contribution in [-0.2, 0) is 24.3 Å². The van der Waals surface area contributed by atoms with Gasteiger partial charge in [0.1, 0.15) is 5.60 Å². The molecule has 1 heterocycles. The fraction of sp³-hybridized carbons (Fsp3) is 0.857. The van der Waals surface area contributed by atoms with Gasteiger partial charge in [0.2, 0.25) is 10.0 Å². The molecule has 0 aromatic heterocycles. The van der Waals surface area contributed by atoms with Gasteiger partial charge in [0.05, 0.1) is 17.6 Å². The molecule has 0 aromatic carbocycles. The molecule has 1 atom stereocenters. The number of rotatable bonds is 5. The van der Waals surface area contributed by atoms with E-state index in [9.17, 15) is 18.0 Å². The molecule has 1 rings (SSSR count). The van der Waals surface area contributed by atoms with E-state index in [1.165, 1.54) is 11.2 Å². The molecule has 7 nitrogen and oxygen atoms in total. The lowest BCUT2D eigenvalue weighted by Crippen LogP contribution is -2.43. The number of carbonyl (C=O) groups is 2. The van der Waals surface area contributed by atoms with Crippen LogP contribution in [0.5, 0.6) is 0 Å². The first kappa shape index (κ1) is 18.9. The first-order valence-corrected chi connectivity index (χ1v) is 8.97. The van der Waals surface area contributed by atoms with Crippen LogP contribution in [0.3, 0.4) is 0 Å². The number of hydrogen-bond donors (Lipinski definition) is 1. The molecule has 1 N–H and O–H groups in total. The summed E-state index contributed by atoms with van der Waals surface area (Å²) in [5.74, 6) is -3.11. The number of carbonyl (C=O) groups excluding carboxylic acids is 1. The van der Waals surface area contributed by atoms with Crippen molar-refractivity contribution in [2.24, 2.45) is 11.8 Å². The highest BCUT2D eigenvalue weighted by Crippen LogP contribution is 2.23. The highest BCUT2D eigenvalue weighted by Gasteiger charge is 2.34. The summed E-state index contributed by atoms with van der Waals surface area (Å²) in [4.78, 5) is 22.8. The van der Waals surface area contributed by atoms with Crippen molar-refractivity contribution in [1.29, 1.82) is 0 Å². The maximum Gasteiger partial charge on any atom is 0.309 e. The molecule has 0 bridgehead atoms. The van der Waals surface area contributed by atoms with Crippen molar-refractivity contribution in [3.63, 3.8) is 0 Å². The number of piperidine rings is 1. The maximum atomic E-state index is 12.2. The highest BCUT2D eigenvalue weighted by atomic mass is 32.2. The predicted molar refractivity (Wildman–Crippen MR) is 80.7 cm³/mol. The predicted octanol–water partition coefficient (Wildman–Crippen LogP) is 1.09. The Bertz CT molecular complexity index is 514. The van der Waals surface area contributed by atoms with E-state index in [0.29, 0.717) is 12.8 Å². The molecule has 0 aromatic rings. The Hall–Kier alpha value is -1.15. The van der Waals surface area contributed by atoms with Gasteiger partial charge < -0.3 is 9.84 Å². The van der Waals surface area contributed by atoms with E-state index >= 15 is 0 Å². The van der Waals surface area contributed by atoms with Gasteiger partial charge in [-0.3, -0.25) is 9.59 Å². The Morgan fingerprint density at radius 2 is 1.77 bits per heavy atom. The fourth-order valence-corrected chi connectivity index (χ4v) is 4.00. The summed E-state index contributed by atoms with van der Waals surface area (Å²) >= 11 is 0. The van der Waals surface area contributed by atoms with E-state index in [-0.39, 0.29) is 25.0 Å².